The molecule has 4 rings (SSSR count). The summed E-state index contributed by atoms with van der Waals surface area (Å²) in [5.41, 5.74) is 8.22. The number of rotatable bonds is 7. The average Bonchev–Trinajstić information content (AvgIpc) is 3.22. The Kier molecular flexibility index (Phi) is 8.45. The zero-order chi connectivity index (χ0) is 29.3. The molecule has 2 aromatic carbocycles. The van der Waals surface area contributed by atoms with Crippen molar-refractivity contribution in [3.63, 3.8) is 0 Å². The lowest BCUT2D eigenvalue weighted by atomic mass is 9.74. The number of alkyl halides is 3. The Bertz CT molecular complexity index is 1540. The van der Waals surface area contributed by atoms with E-state index in [2.05, 4.69) is 22.1 Å². The molecule has 40 heavy (non-hydrogen) atoms. The second-order valence-corrected chi connectivity index (χ2v) is 12.6. The van der Waals surface area contributed by atoms with Gasteiger partial charge in [-0.1, -0.05) is 18.1 Å². The van der Waals surface area contributed by atoms with E-state index in [1.54, 1.807) is 25.2 Å². The van der Waals surface area contributed by atoms with E-state index in [1.807, 2.05) is 20.2 Å². The van der Waals surface area contributed by atoms with Gasteiger partial charge in [0.2, 0.25) is 0 Å². The highest BCUT2D eigenvalue weighted by molar-refractivity contribution is 7.90. The minimum atomic E-state index is -4.44. The molecule has 1 aromatic heterocycles. The van der Waals surface area contributed by atoms with Gasteiger partial charge in [0.1, 0.15) is 18.9 Å². The number of hydrogen-bond donors (Lipinski definition) is 2. The molecule has 1 heterocycles. The molecule has 0 atom stereocenters. The van der Waals surface area contributed by atoms with Crippen molar-refractivity contribution >= 4 is 26.4 Å². The van der Waals surface area contributed by atoms with Crippen molar-refractivity contribution < 1.29 is 26.3 Å². The molecule has 1 aliphatic rings. The fraction of sp³-hybridized carbons (Fsp3) is 0.448. The molecule has 0 bridgehead atoms. The highest BCUT2D eigenvalue weighted by Gasteiger charge is 2.36. The molecule has 3 aromatic rings. The molecule has 11 heteroatoms. The number of fused-ring (bicyclic) bond motifs is 1. The summed E-state index contributed by atoms with van der Waals surface area (Å²) in [6.07, 6.45) is -0.0389. The quantitative estimate of drug-likeness (QED) is 0.395. The SMILES string of the molecule is CNc1cc(S(C)(=O)=O)ccc1OCC#Cc1cc2c(C3(N)CCC(N(C)C)CC3)cccc2n1CC(F)(F)F. The van der Waals surface area contributed by atoms with Crippen molar-refractivity contribution in [1.82, 2.24) is 9.47 Å². The summed E-state index contributed by atoms with van der Waals surface area (Å²) in [7, 11) is 2.32. The van der Waals surface area contributed by atoms with Crippen LogP contribution in [0.5, 0.6) is 5.75 Å². The number of sulfone groups is 1. The Labute approximate surface area is 233 Å². The number of ether oxygens (including phenoxy) is 1. The van der Waals surface area contributed by atoms with Gasteiger partial charge in [-0.15, -0.1) is 0 Å². The number of nitrogens with zero attached hydrogens (tertiary/aromatic N) is 2. The number of nitrogens with one attached hydrogen (secondary N) is 1. The molecule has 216 valence electrons. The van der Waals surface area contributed by atoms with Crippen LogP contribution in [-0.2, 0) is 21.9 Å². The summed E-state index contributed by atoms with van der Waals surface area (Å²) in [4.78, 5) is 2.32. The van der Waals surface area contributed by atoms with Gasteiger partial charge in [-0.25, -0.2) is 8.42 Å². The highest BCUT2D eigenvalue weighted by Crippen LogP contribution is 2.40. The van der Waals surface area contributed by atoms with Gasteiger partial charge in [0.05, 0.1) is 16.3 Å². The van der Waals surface area contributed by atoms with E-state index >= 15 is 0 Å². The van der Waals surface area contributed by atoms with Gasteiger partial charge in [-0.2, -0.15) is 13.2 Å². The lowest BCUT2D eigenvalue weighted by molar-refractivity contribution is -0.140. The van der Waals surface area contributed by atoms with Crippen LogP contribution >= 0.6 is 0 Å². The maximum Gasteiger partial charge on any atom is 0.406 e. The van der Waals surface area contributed by atoms with Gasteiger partial charge < -0.3 is 25.3 Å². The maximum absolute atomic E-state index is 13.6. The fourth-order valence-electron chi connectivity index (χ4n) is 5.38. The molecule has 3 N–H and O–H groups in total. The van der Waals surface area contributed by atoms with Crippen molar-refractivity contribution in [2.75, 3.05) is 39.3 Å². The van der Waals surface area contributed by atoms with Crippen molar-refractivity contribution in [3.05, 3.63) is 53.7 Å². The first kappa shape index (κ1) is 29.8. The Morgan fingerprint density at radius 2 is 1.88 bits per heavy atom. The van der Waals surface area contributed by atoms with E-state index in [9.17, 15) is 21.6 Å². The first-order chi connectivity index (χ1) is 18.7. The zero-order valence-electron chi connectivity index (χ0n) is 23.1. The second kappa shape index (κ2) is 11.4. The van der Waals surface area contributed by atoms with Crippen LogP contribution in [0.15, 0.2) is 47.4 Å². The van der Waals surface area contributed by atoms with Crippen LogP contribution in [0.25, 0.3) is 10.9 Å². The van der Waals surface area contributed by atoms with E-state index in [0.717, 1.165) is 37.5 Å². The Morgan fingerprint density at radius 1 is 1.18 bits per heavy atom. The minimum Gasteiger partial charge on any atom is -0.479 e. The lowest BCUT2D eigenvalue weighted by Gasteiger charge is -2.40. The standard InChI is InChI=1S/C29H35F3N4O3S/c1-34-25-18-22(40(4,37)38)10-11-27(25)39-16-6-7-21-17-23-24(28(33)14-12-20(13-15-28)35(2)3)8-5-9-26(23)36(21)19-29(30,31)32/h5,8-11,17-18,20,34H,12-16,19,33H2,1-4H3. The first-order valence-corrected chi connectivity index (χ1v) is 14.9. The molecular weight excluding hydrogens is 541 g/mol. The maximum atomic E-state index is 13.6. The van der Waals surface area contributed by atoms with Crippen LogP contribution in [0.3, 0.4) is 0 Å². The predicted molar refractivity (Wildman–Crippen MR) is 151 cm³/mol. The summed E-state index contributed by atoms with van der Waals surface area (Å²) >= 11 is 0. The van der Waals surface area contributed by atoms with Crippen molar-refractivity contribution in [2.45, 2.75) is 54.9 Å². The largest absolute Gasteiger partial charge is 0.479 e. The Morgan fingerprint density at radius 3 is 2.48 bits per heavy atom. The minimum absolute atomic E-state index is 0.111. The molecule has 1 aliphatic carbocycles. The number of nitrogens with two attached hydrogens (primary N) is 1. The number of benzene rings is 2. The molecule has 0 aliphatic heterocycles. The van der Waals surface area contributed by atoms with E-state index in [4.69, 9.17) is 10.5 Å². The summed E-state index contributed by atoms with van der Waals surface area (Å²) < 4.78 is 71.4. The van der Waals surface area contributed by atoms with Gasteiger partial charge >= 0.3 is 6.18 Å². The van der Waals surface area contributed by atoms with Crippen molar-refractivity contribution in [2.24, 2.45) is 5.73 Å². The molecule has 7 nitrogen and oxygen atoms in total. The third-order valence-corrected chi connectivity index (χ3v) is 8.67. The van der Waals surface area contributed by atoms with E-state index in [0.29, 0.717) is 28.4 Å². The molecule has 0 saturated heterocycles. The summed E-state index contributed by atoms with van der Waals surface area (Å²) in [5, 5.41) is 3.57. The zero-order valence-corrected chi connectivity index (χ0v) is 23.9. The van der Waals surface area contributed by atoms with Gasteiger partial charge in [-0.3, -0.25) is 0 Å². The summed E-state index contributed by atoms with van der Waals surface area (Å²) in [6, 6.07) is 11.9. The van der Waals surface area contributed by atoms with Gasteiger partial charge in [-0.05, 0) is 81.6 Å². The van der Waals surface area contributed by atoms with Crippen LogP contribution in [0, 0.1) is 11.8 Å². The van der Waals surface area contributed by atoms with E-state index < -0.39 is 28.1 Å². The molecule has 1 fully saturated rings. The smallest absolute Gasteiger partial charge is 0.406 e. The van der Waals surface area contributed by atoms with Gasteiger partial charge in [0.15, 0.2) is 9.84 Å². The molecular formula is C29H35F3N4O3S. The topological polar surface area (TPSA) is 89.6 Å². The van der Waals surface area contributed by atoms with Gasteiger partial charge in [0.25, 0.3) is 0 Å². The van der Waals surface area contributed by atoms with Crippen LogP contribution in [0.1, 0.15) is 36.9 Å². The van der Waals surface area contributed by atoms with Crippen LogP contribution in [0.2, 0.25) is 0 Å². The molecule has 0 unspecified atom stereocenters. The van der Waals surface area contributed by atoms with Crippen molar-refractivity contribution in [1.29, 1.82) is 0 Å². The molecule has 0 radical (unpaired) electrons. The van der Waals surface area contributed by atoms with Crippen LogP contribution in [0.4, 0.5) is 18.9 Å². The van der Waals surface area contributed by atoms with Crippen molar-refractivity contribution in [3.8, 4) is 17.6 Å². The third kappa shape index (κ3) is 6.57. The fourth-order valence-corrected chi connectivity index (χ4v) is 6.02. The normalized spacial score (nSPS) is 19.9. The number of anilines is 1. The predicted octanol–water partition coefficient (Wildman–Crippen LogP) is 4.74. The molecule has 0 spiro atoms. The van der Waals surface area contributed by atoms with Crippen LogP contribution in [-0.4, -0.2) is 64.1 Å². The molecule has 1 saturated carbocycles. The Hall–Kier alpha value is -3.20. The van der Waals surface area contributed by atoms with E-state index in [-0.39, 0.29) is 17.2 Å². The summed E-state index contributed by atoms with van der Waals surface area (Å²) in [5.74, 6) is 6.05. The van der Waals surface area contributed by atoms with E-state index in [1.165, 1.54) is 22.8 Å². The van der Waals surface area contributed by atoms with Crippen LogP contribution < -0.4 is 15.8 Å². The highest BCUT2D eigenvalue weighted by atomic mass is 32.2. The average molecular weight is 577 g/mol. The Balaban J connectivity index is 1.65. The lowest BCUT2D eigenvalue weighted by Crippen LogP contribution is -2.44. The number of halogens is 3. The monoisotopic (exact) mass is 576 g/mol. The first-order valence-electron chi connectivity index (χ1n) is 13.0. The number of aromatic nitrogens is 1. The van der Waals surface area contributed by atoms with Gasteiger partial charge in [0, 0.05) is 35.8 Å². The molecule has 0 amide bonds. The number of hydrogen-bond acceptors (Lipinski definition) is 6. The third-order valence-electron chi connectivity index (χ3n) is 7.56. The summed E-state index contributed by atoms with van der Waals surface area (Å²) in [6.45, 7) is -1.29. The second-order valence-electron chi connectivity index (χ2n) is 10.6.